The third-order valence-electron chi connectivity index (χ3n) is 2.25. The van der Waals surface area contributed by atoms with Gasteiger partial charge in [0.25, 0.3) is 0 Å². The van der Waals surface area contributed by atoms with Gasteiger partial charge in [-0.1, -0.05) is 18.7 Å². The Hall–Kier alpha value is -1.82. The molecule has 1 aromatic carbocycles. The van der Waals surface area contributed by atoms with Crippen molar-refractivity contribution in [3.63, 3.8) is 0 Å². The molecule has 0 heterocycles. The summed E-state index contributed by atoms with van der Waals surface area (Å²) in [6.07, 6.45) is -4.64. The number of hydrogen-bond acceptors (Lipinski definition) is 2. The van der Waals surface area contributed by atoms with Gasteiger partial charge in [0.05, 0.1) is 11.7 Å². The van der Waals surface area contributed by atoms with E-state index in [4.69, 9.17) is 0 Å². The number of alkyl halides is 3. The average Bonchev–Trinajstić information content (AvgIpc) is 2.34. The zero-order valence-electron chi connectivity index (χ0n) is 9.37. The first-order valence-electron chi connectivity index (χ1n) is 5.10. The molecule has 0 spiro atoms. The number of aliphatic hydroxyl groups excluding tert-OH is 1. The average molecular weight is 259 g/mol. The van der Waals surface area contributed by atoms with E-state index in [1.165, 1.54) is 12.1 Å². The molecular weight excluding hydrogens is 247 g/mol. The van der Waals surface area contributed by atoms with Crippen LogP contribution in [0.3, 0.4) is 0 Å². The third kappa shape index (κ3) is 3.89. The molecule has 0 saturated carbocycles. The van der Waals surface area contributed by atoms with Crippen LogP contribution in [0.2, 0.25) is 0 Å². The van der Waals surface area contributed by atoms with Crippen molar-refractivity contribution in [2.24, 2.45) is 0 Å². The number of amides is 1. The third-order valence-corrected chi connectivity index (χ3v) is 2.25. The number of halogens is 3. The second-order valence-corrected chi connectivity index (χ2v) is 3.59. The van der Waals surface area contributed by atoms with E-state index in [2.05, 4.69) is 11.9 Å². The summed E-state index contributed by atoms with van der Waals surface area (Å²) in [5, 5.41) is 11.9. The van der Waals surface area contributed by atoms with Crippen molar-refractivity contribution < 1.29 is 23.1 Å². The van der Waals surface area contributed by atoms with Crippen molar-refractivity contribution >= 4 is 5.91 Å². The van der Waals surface area contributed by atoms with Gasteiger partial charge in [-0.15, -0.1) is 0 Å². The molecule has 1 atom stereocenters. The highest BCUT2D eigenvalue weighted by atomic mass is 19.4. The predicted molar refractivity (Wildman–Crippen MR) is 59.6 cm³/mol. The monoisotopic (exact) mass is 259 g/mol. The summed E-state index contributed by atoms with van der Waals surface area (Å²) < 4.78 is 37.3. The van der Waals surface area contributed by atoms with Crippen LogP contribution in [0.25, 0.3) is 0 Å². The van der Waals surface area contributed by atoms with Crippen molar-refractivity contribution in [2.75, 3.05) is 6.54 Å². The maximum Gasteiger partial charge on any atom is 0.416 e. The Morgan fingerprint density at radius 2 is 2.17 bits per heavy atom. The van der Waals surface area contributed by atoms with Crippen molar-refractivity contribution in [3.05, 3.63) is 48.0 Å². The minimum absolute atomic E-state index is 0.0918. The molecule has 0 radical (unpaired) electrons. The number of carbonyl (C=O) groups excluding carboxylic acids is 1. The van der Waals surface area contributed by atoms with E-state index in [0.29, 0.717) is 0 Å². The van der Waals surface area contributed by atoms with E-state index in [9.17, 15) is 23.1 Å². The van der Waals surface area contributed by atoms with E-state index in [-0.39, 0.29) is 12.1 Å². The van der Waals surface area contributed by atoms with Gasteiger partial charge >= 0.3 is 6.18 Å². The molecule has 0 aliphatic rings. The Kier molecular flexibility index (Phi) is 4.49. The Balaban J connectivity index is 2.77. The second-order valence-electron chi connectivity index (χ2n) is 3.59. The number of nitrogens with one attached hydrogen (secondary N) is 1. The fourth-order valence-electron chi connectivity index (χ4n) is 1.31. The topological polar surface area (TPSA) is 49.3 Å². The molecule has 1 aromatic rings. The van der Waals surface area contributed by atoms with Gasteiger partial charge in [0.2, 0.25) is 5.91 Å². The number of hydrogen-bond donors (Lipinski definition) is 2. The Morgan fingerprint density at radius 3 is 2.72 bits per heavy atom. The van der Waals surface area contributed by atoms with Gasteiger partial charge in [-0.3, -0.25) is 4.79 Å². The quantitative estimate of drug-likeness (QED) is 0.813. The summed E-state index contributed by atoms with van der Waals surface area (Å²) in [4.78, 5) is 10.9. The van der Waals surface area contributed by atoms with Crippen molar-refractivity contribution in [3.8, 4) is 0 Å². The van der Waals surface area contributed by atoms with Gasteiger partial charge in [-0.25, -0.2) is 0 Å². The summed E-state index contributed by atoms with van der Waals surface area (Å²) in [6.45, 7) is 3.04. The lowest BCUT2D eigenvalue weighted by molar-refractivity contribution is -0.137. The van der Waals surface area contributed by atoms with Gasteiger partial charge in [-0.2, -0.15) is 13.2 Å². The van der Waals surface area contributed by atoms with Crippen molar-refractivity contribution in [1.29, 1.82) is 0 Å². The van der Waals surface area contributed by atoms with Gasteiger partial charge < -0.3 is 10.4 Å². The van der Waals surface area contributed by atoms with E-state index < -0.39 is 23.8 Å². The Bertz CT molecular complexity index is 443. The SMILES string of the molecule is C=CC(=O)NCC(O)c1cccc(C(F)(F)F)c1. The number of aliphatic hydroxyl groups is 1. The molecule has 98 valence electrons. The Labute approximate surface area is 102 Å². The molecular formula is C12H12F3NO2. The van der Waals surface area contributed by atoms with Crippen LogP contribution in [0.5, 0.6) is 0 Å². The summed E-state index contributed by atoms with van der Waals surface area (Å²) in [7, 11) is 0. The van der Waals surface area contributed by atoms with E-state index in [1.54, 1.807) is 0 Å². The number of benzene rings is 1. The van der Waals surface area contributed by atoms with Crippen molar-refractivity contribution in [2.45, 2.75) is 12.3 Å². The molecule has 0 saturated heterocycles. The maximum atomic E-state index is 12.4. The molecule has 0 aliphatic heterocycles. The molecule has 1 amide bonds. The zero-order chi connectivity index (χ0) is 13.8. The molecule has 0 aromatic heterocycles. The lowest BCUT2D eigenvalue weighted by Crippen LogP contribution is -2.26. The summed E-state index contributed by atoms with van der Waals surface area (Å²) in [6, 6.07) is 4.33. The van der Waals surface area contributed by atoms with Gasteiger partial charge in [0, 0.05) is 6.54 Å². The van der Waals surface area contributed by atoms with Gasteiger partial charge in [0.1, 0.15) is 0 Å². The molecule has 3 nitrogen and oxygen atoms in total. The molecule has 1 rings (SSSR count). The fraction of sp³-hybridized carbons (Fsp3) is 0.250. The first-order valence-corrected chi connectivity index (χ1v) is 5.10. The number of carbonyl (C=O) groups is 1. The summed E-state index contributed by atoms with van der Waals surface area (Å²) >= 11 is 0. The molecule has 0 bridgehead atoms. The molecule has 2 N–H and O–H groups in total. The lowest BCUT2D eigenvalue weighted by Gasteiger charge is -2.13. The van der Waals surface area contributed by atoms with Gasteiger partial charge in [0.15, 0.2) is 0 Å². The van der Waals surface area contributed by atoms with E-state index in [0.717, 1.165) is 18.2 Å². The minimum Gasteiger partial charge on any atom is -0.387 e. The van der Waals surface area contributed by atoms with Crippen LogP contribution in [0.15, 0.2) is 36.9 Å². The van der Waals surface area contributed by atoms with Crippen LogP contribution >= 0.6 is 0 Å². The lowest BCUT2D eigenvalue weighted by atomic mass is 10.1. The highest BCUT2D eigenvalue weighted by molar-refractivity contribution is 5.86. The van der Waals surface area contributed by atoms with Crippen LogP contribution in [0.1, 0.15) is 17.2 Å². The molecule has 1 unspecified atom stereocenters. The smallest absolute Gasteiger partial charge is 0.387 e. The first kappa shape index (κ1) is 14.2. The molecule has 0 aliphatic carbocycles. The van der Waals surface area contributed by atoms with Gasteiger partial charge in [-0.05, 0) is 23.8 Å². The Morgan fingerprint density at radius 1 is 1.50 bits per heavy atom. The standard InChI is InChI=1S/C12H12F3NO2/c1-2-11(18)16-7-10(17)8-4-3-5-9(6-8)12(13,14)15/h2-6,10,17H,1,7H2,(H,16,18). The molecule has 0 fully saturated rings. The van der Waals surface area contributed by atoms with Crippen LogP contribution < -0.4 is 5.32 Å². The largest absolute Gasteiger partial charge is 0.416 e. The van der Waals surface area contributed by atoms with Crippen LogP contribution in [-0.4, -0.2) is 17.6 Å². The normalized spacial score (nSPS) is 12.9. The highest BCUT2D eigenvalue weighted by Crippen LogP contribution is 2.30. The predicted octanol–water partition coefficient (Wildman–Crippen LogP) is 2.04. The zero-order valence-corrected chi connectivity index (χ0v) is 9.37. The highest BCUT2D eigenvalue weighted by Gasteiger charge is 2.30. The van der Waals surface area contributed by atoms with E-state index in [1.807, 2.05) is 0 Å². The van der Waals surface area contributed by atoms with E-state index >= 15 is 0 Å². The minimum atomic E-state index is -4.46. The van der Waals surface area contributed by atoms with Crippen molar-refractivity contribution in [1.82, 2.24) is 5.32 Å². The summed E-state index contributed by atoms with van der Waals surface area (Å²) in [5.74, 6) is -0.499. The van der Waals surface area contributed by atoms with Crippen LogP contribution in [-0.2, 0) is 11.0 Å². The second kappa shape index (κ2) is 5.68. The fourth-order valence-corrected chi connectivity index (χ4v) is 1.31. The first-order chi connectivity index (χ1) is 8.34. The molecule has 6 heteroatoms. The molecule has 18 heavy (non-hydrogen) atoms. The number of rotatable bonds is 4. The van der Waals surface area contributed by atoms with Crippen LogP contribution in [0, 0.1) is 0 Å². The maximum absolute atomic E-state index is 12.4. The van der Waals surface area contributed by atoms with Crippen LogP contribution in [0.4, 0.5) is 13.2 Å². The summed E-state index contributed by atoms with van der Waals surface area (Å²) in [5.41, 5.74) is -0.747.